The van der Waals surface area contributed by atoms with Gasteiger partial charge in [-0.05, 0) is 78.8 Å². The van der Waals surface area contributed by atoms with E-state index in [0.29, 0.717) is 17.5 Å². The highest BCUT2D eigenvalue weighted by Gasteiger charge is 2.15. The summed E-state index contributed by atoms with van der Waals surface area (Å²) in [7, 11) is 0. The van der Waals surface area contributed by atoms with Crippen molar-refractivity contribution in [1.29, 1.82) is 0 Å². The third-order valence-electron chi connectivity index (χ3n) is 9.07. The first-order valence-corrected chi connectivity index (χ1v) is 16.2. The molecule has 9 rings (SSSR count). The van der Waals surface area contributed by atoms with Gasteiger partial charge < -0.3 is 0 Å². The lowest BCUT2D eigenvalue weighted by Gasteiger charge is -2.13. The summed E-state index contributed by atoms with van der Waals surface area (Å²) in [5.41, 5.74) is 7.60. The highest BCUT2D eigenvalue weighted by Crippen LogP contribution is 2.36. The van der Waals surface area contributed by atoms with E-state index in [1.807, 2.05) is 36.4 Å². The summed E-state index contributed by atoms with van der Waals surface area (Å²) in [6, 6.07) is 61.8. The lowest BCUT2D eigenvalue weighted by Crippen LogP contribution is -2.00. The fourth-order valence-electron chi connectivity index (χ4n) is 6.68. The van der Waals surface area contributed by atoms with Gasteiger partial charge in [-0.15, -0.1) is 0 Å². The molecule has 9 aromatic rings. The fraction of sp³-hybridized carbons (Fsp3) is 0. The summed E-state index contributed by atoms with van der Waals surface area (Å²) < 4.78 is 0. The Bertz CT molecular complexity index is 2600. The van der Waals surface area contributed by atoms with E-state index in [4.69, 9.17) is 15.0 Å². The van der Waals surface area contributed by atoms with Gasteiger partial charge in [-0.2, -0.15) is 0 Å². The first kappa shape index (κ1) is 27.8. The second kappa shape index (κ2) is 11.7. The standard InChI is InChI=1S/C45H29N3/c1-3-12-31(13-4-1)42-29-38(28-35-17-8-10-20-41(35)42)45-47-43(32-15-5-2-6-16-32)46-44(48-45)37-25-23-33-26-36(24-22-34(33)27-37)40-21-11-18-30-14-7-9-19-39(30)40/h1-29H. The van der Waals surface area contributed by atoms with E-state index >= 15 is 0 Å². The van der Waals surface area contributed by atoms with Crippen LogP contribution in [0.1, 0.15) is 0 Å². The number of hydrogen-bond donors (Lipinski definition) is 0. The van der Waals surface area contributed by atoms with Crippen LogP contribution in [-0.4, -0.2) is 15.0 Å². The maximum atomic E-state index is 5.12. The first-order valence-electron chi connectivity index (χ1n) is 16.2. The van der Waals surface area contributed by atoms with Crippen LogP contribution < -0.4 is 0 Å². The average molecular weight is 612 g/mol. The van der Waals surface area contributed by atoms with Crippen molar-refractivity contribution in [2.24, 2.45) is 0 Å². The summed E-state index contributed by atoms with van der Waals surface area (Å²) in [5, 5.41) is 7.14. The van der Waals surface area contributed by atoms with Crippen LogP contribution >= 0.6 is 0 Å². The van der Waals surface area contributed by atoms with Gasteiger partial charge in [-0.1, -0.05) is 152 Å². The second-order valence-corrected chi connectivity index (χ2v) is 12.1. The van der Waals surface area contributed by atoms with Crippen molar-refractivity contribution < 1.29 is 0 Å². The molecule has 0 fully saturated rings. The highest BCUT2D eigenvalue weighted by molar-refractivity contribution is 6.01. The van der Waals surface area contributed by atoms with Crippen LogP contribution in [0.4, 0.5) is 0 Å². The SMILES string of the molecule is c1ccc(-c2nc(-c3ccc4cc(-c5cccc6ccccc56)ccc4c3)nc(-c3cc(-c4ccccc4)c4ccccc4c3)n2)cc1. The molecule has 0 saturated heterocycles. The zero-order valence-corrected chi connectivity index (χ0v) is 26.1. The smallest absolute Gasteiger partial charge is 0.164 e. The molecule has 0 aliphatic carbocycles. The van der Waals surface area contributed by atoms with E-state index in [1.165, 1.54) is 32.7 Å². The zero-order chi connectivity index (χ0) is 31.9. The van der Waals surface area contributed by atoms with Gasteiger partial charge in [0.2, 0.25) is 0 Å². The number of nitrogens with zero attached hydrogens (tertiary/aromatic N) is 3. The molecule has 3 heteroatoms. The summed E-state index contributed by atoms with van der Waals surface area (Å²) >= 11 is 0. The van der Waals surface area contributed by atoms with Gasteiger partial charge in [0.1, 0.15) is 0 Å². The molecule has 0 amide bonds. The molecule has 1 heterocycles. The molecule has 0 aliphatic heterocycles. The third kappa shape index (κ3) is 5.08. The van der Waals surface area contributed by atoms with E-state index in [9.17, 15) is 0 Å². The normalized spacial score (nSPS) is 11.3. The minimum absolute atomic E-state index is 0.646. The molecule has 0 radical (unpaired) electrons. The largest absolute Gasteiger partial charge is 0.208 e. The molecule has 8 aromatic carbocycles. The lowest BCUT2D eigenvalue weighted by atomic mass is 9.95. The number of hydrogen-bond acceptors (Lipinski definition) is 3. The number of aromatic nitrogens is 3. The Morgan fingerprint density at radius 2 is 0.750 bits per heavy atom. The molecule has 0 atom stereocenters. The molecule has 48 heavy (non-hydrogen) atoms. The maximum absolute atomic E-state index is 5.12. The van der Waals surface area contributed by atoms with Crippen LogP contribution in [0.2, 0.25) is 0 Å². The van der Waals surface area contributed by atoms with Gasteiger partial charge in [-0.25, -0.2) is 15.0 Å². The fourth-order valence-corrected chi connectivity index (χ4v) is 6.68. The molecule has 0 spiro atoms. The van der Waals surface area contributed by atoms with Gasteiger partial charge >= 0.3 is 0 Å². The number of benzene rings is 8. The average Bonchev–Trinajstić information content (AvgIpc) is 3.17. The summed E-state index contributed by atoms with van der Waals surface area (Å²) in [6.45, 7) is 0. The summed E-state index contributed by atoms with van der Waals surface area (Å²) in [6.07, 6.45) is 0. The predicted octanol–water partition coefficient (Wildman–Crippen LogP) is 11.7. The van der Waals surface area contributed by atoms with Crippen LogP contribution in [-0.2, 0) is 0 Å². The van der Waals surface area contributed by atoms with Gasteiger partial charge in [0.25, 0.3) is 0 Å². The first-order chi connectivity index (χ1) is 23.8. The molecule has 0 saturated carbocycles. The molecular formula is C45H29N3. The minimum Gasteiger partial charge on any atom is -0.208 e. The van der Waals surface area contributed by atoms with Gasteiger partial charge in [0.15, 0.2) is 17.5 Å². The Morgan fingerprint density at radius 3 is 1.48 bits per heavy atom. The quantitative estimate of drug-likeness (QED) is 0.194. The minimum atomic E-state index is 0.646. The molecule has 0 bridgehead atoms. The van der Waals surface area contributed by atoms with Gasteiger partial charge in [0.05, 0.1) is 0 Å². The Morgan fingerprint density at radius 1 is 0.250 bits per heavy atom. The van der Waals surface area contributed by atoms with E-state index in [-0.39, 0.29) is 0 Å². The van der Waals surface area contributed by atoms with Crippen molar-refractivity contribution >= 4 is 32.3 Å². The van der Waals surface area contributed by atoms with Crippen molar-refractivity contribution in [1.82, 2.24) is 15.0 Å². The molecule has 0 aliphatic rings. The van der Waals surface area contributed by atoms with E-state index in [2.05, 4.69) is 140 Å². The van der Waals surface area contributed by atoms with Gasteiger partial charge in [0, 0.05) is 16.7 Å². The predicted molar refractivity (Wildman–Crippen MR) is 200 cm³/mol. The lowest BCUT2D eigenvalue weighted by molar-refractivity contribution is 1.08. The Balaban J connectivity index is 1.19. The van der Waals surface area contributed by atoms with E-state index in [1.54, 1.807) is 0 Å². The number of fused-ring (bicyclic) bond motifs is 3. The summed E-state index contributed by atoms with van der Waals surface area (Å²) in [5.74, 6) is 1.94. The second-order valence-electron chi connectivity index (χ2n) is 12.1. The molecule has 1 aromatic heterocycles. The van der Waals surface area contributed by atoms with Crippen LogP contribution in [0.25, 0.3) is 88.7 Å². The van der Waals surface area contributed by atoms with Crippen LogP contribution in [0.3, 0.4) is 0 Å². The maximum Gasteiger partial charge on any atom is 0.164 e. The molecule has 0 N–H and O–H groups in total. The number of rotatable bonds is 5. The van der Waals surface area contributed by atoms with Crippen LogP contribution in [0.5, 0.6) is 0 Å². The molecular weight excluding hydrogens is 583 g/mol. The van der Waals surface area contributed by atoms with Crippen LogP contribution in [0, 0.1) is 0 Å². The van der Waals surface area contributed by atoms with Crippen LogP contribution in [0.15, 0.2) is 176 Å². The molecule has 3 nitrogen and oxygen atoms in total. The van der Waals surface area contributed by atoms with Gasteiger partial charge in [-0.3, -0.25) is 0 Å². The van der Waals surface area contributed by atoms with Crippen molar-refractivity contribution in [3.63, 3.8) is 0 Å². The Hall–Kier alpha value is -6.45. The van der Waals surface area contributed by atoms with E-state index < -0.39 is 0 Å². The topological polar surface area (TPSA) is 38.7 Å². The Kier molecular flexibility index (Phi) is 6.80. The van der Waals surface area contributed by atoms with Crippen molar-refractivity contribution in [3.8, 4) is 56.4 Å². The van der Waals surface area contributed by atoms with Crippen molar-refractivity contribution in [2.75, 3.05) is 0 Å². The molecule has 224 valence electrons. The van der Waals surface area contributed by atoms with Crippen molar-refractivity contribution in [2.45, 2.75) is 0 Å². The highest BCUT2D eigenvalue weighted by atomic mass is 15.0. The monoisotopic (exact) mass is 611 g/mol. The Labute approximate surface area is 278 Å². The van der Waals surface area contributed by atoms with E-state index in [0.717, 1.165) is 38.6 Å². The molecule has 0 unspecified atom stereocenters. The third-order valence-corrected chi connectivity index (χ3v) is 9.07. The zero-order valence-electron chi connectivity index (χ0n) is 26.1. The summed E-state index contributed by atoms with van der Waals surface area (Å²) in [4.78, 5) is 15.2. The van der Waals surface area contributed by atoms with Crippen molar-refractivity contribution in [3.05, 3.63) is 176 Å².